The summed E-state index contributed by atoms with van der Waals surface area (Å²) in [4.78, 5) is 15.6. The van der Waals surface area contributed by atoms with Crippen LogP contribution >= 0.6 is 0 Å². The van der Waals surface area contributed by atoms with E-state index in [2.05, 4.69) is 76.0 Å². The van der Waals surface area contributed by atoms with Gasteiger partial charge in [0.1, 0.15) is 11.6 Å². The van der Waals surface area contributed by atoms with Crippen molar-refractivity contribution in [3.63, 3.8) is 0 Å². The van der Waals surface area contributed by atoms with Crippen LogP contribution < -0.4 is 4.90 Å². The molecule has 0 radical (unpaired) electrons. The summed E-state index contributed by atoms with van der Waals surface area (Å²) in [5.41, 5.74) is 5.44. The minimum absolute atomic E-state index is 0. The van der Waals surface area contributed by atoms with Gasteiger partial charge in [-0.2, -0.15) is 0 Å². The first kappa shape index (κ1) is 21.2. The number of fused-ring (bicyclic) bond motifs is 2. The maximum absolute atomic E-state index is 4.99. The van der Waals surface area contributed by atoms with Crippen LogP contribution in [0, 0.1) is 0 Å². The second-order valence-electron chi connectivity index (χ2n) is 7.56. The number of imidazole rings is 2. The second kappa shape index (κ2) is 9.38. The van der Waals surface area contributed by atoms with Gasteiger partial charge in [0.15, 0.2) is 0 Å². The molecule has 5 nitrogen and oxygen atoms in total. The number of aromatic nitrogens is 4. The average molecular weight is 448 g/mol. The second-order valence-corrected chi connectivity index (χ2v) is 7.56. The molecule has 0 aliphatic carbocycles. The van der Waals surface area contributed by atoms with Gasteiger partial charge in [0.25, 0.3) is 0 Å². The summed E-state index contributed by atoms with van der Waals surface area (Å²) in [5.74, 6) is 2.00. The first-order valence-electron chi connectivity index (χ1n) is 10.5. The number of aromatic amines is 1. The zero-order chi connectivity index (χ0) is 20.3. The molecule has 5 aromatic rings. The summed E-state index contributed by atoms with van der Waals surface area (Å²) in [6.07, 6.45) is 1.08. The predicted octanol–water partition coefficient (Wildman–Crippen LogP) is 5.38. The van der Waals surface area contributed by atoms with Crippen LogP contribution in [0.2, 0.25) is 0 Å². The number of rotatable bonds is 7. The first-order valence-corrected chi connectivity index (χ1v) is 10.5. The molecule has 0 aliphatic heterocycles. The molecule has 2 aromatic heterocycles. The van der Waals surface area contributed by atoms with E-state index in [4.69, 9.17) is 9.97 Å². The molecule has 0 bridgehead atoms. The van der Waals surface area contributed by atoms with Gasteiger partial charge in [0.2, 0.25) is 0 Å². The monoisotopic (exact) mass is 447 g/mol. The van der Waals surface area contributed by atoms with Crippen LogP contribution in [0.5, 0.6) is 0 Å². The number of benzene rings is 3. The van der Waals surface area contributed by atoms with Crippen molar-refractivity contribution in [1.29, 1.82) is 0 Å². The Morgan fingerprint density at radius 2 is 1.55 bits per heavy atom. The largest absolute Gasteiger partial charge is 0.364 e. The Labute approximate surface area is 192 Å². The third kappa shape index (κ3) is 4.36. The van der Waals surface area contributed by atoms with Crippen molar-refractivity contribution in [2.45, 2.75) is 26.4 Å². The van der Waals surface area contributed by atoms with Crippen molar-refractivity contribution in [2.24, 2.45) is 0 Å². The Kier molecular flexibility index (Phi) is 6.41. The summed E-state index contributed by atoms with van der Waals surface area (Å²) in [7, 11) is 0. The van der Waals surface area contributed by atoms with Gasteiger partial charge in [-0.25, -0.2) is 9.97 Å². The molecule has 31 heavy (non-hydrogen) atoms. The van der Waals surface area contributed by atoms with E-state index in [1.165, 1.54) is 5.69 Å². The van der Waals surface area contributed by atoms with Crippen molar-refractivity contribution >= 4 is 27.8 Å². The zero-order valence-electron chi connectivity index (χ0n) is 17.5. The third-order valence-electron chi connectivity index (χ3n) is 5.43. The van der Waals surface area contributed by atoms with E-state index in [0.29, 0.717) is 6.54 Å². The van der Waals surface area contributed by atoms with Crippen LogP contribution in [0.25, 0.3) is 22.1 Å². The van der Waals surface area contributed by atoms with Gasteiger partial charge < -0.3 is 14.5 Å². The molecule has 2 heterocycles. The fraction of sp³-hybridized carbons (Fsp3) is 0.200. The Morgan fingerprint density at radius 1 is 0.839 bits per heavy atom. The van der Waals surface area contributed by atoms with Gasteiger partial charge >= 0.3 is 0 Å². The number of H-pyrrole nitrogens is 1. The molecule has 3 aromatic carbocycles. The maximum atomic E-state index is 4.99. The molecule has 0 saturated carbocycles. The van der Waals surface area contributed by atoms with Crippen molar-refractivity contribution in [3.05, 3.63) is 90.5 Å². The van der Waals surface area contributed by atoms with Gasteiger partial charge in [0, 0.05) is 29.6 Å². The molecular weight excluding hydrogens is 422 g/mol. The third-order valence-corrected chi connectivity index (χ3v) is 5.43. The van der Waals surface area contributed by atoms with E-state index in [0.717, 1.165) is 53.2 Å². The molecule has 6 heteroatoms. The maximum Gasteiger partial charge on any atom is 0.129 e. The van der Waals surface area contributed by atoms with Gasteiger partial charge in [-0.15, -0.1) is 0 Å². The Bertz CT molecular complexity index is 1240. The van der Waals surface area contributed by atoms with Crippen molar-refractivity contribution in [3.8, 4) is 0 Å². The first-order chi connectivity index (χ1) is 14.8. The standard InChI is InChI=1S/C25H25N5.Cr/c1-2-16-29(19-10-4-3-5-11-19)18-25-28-22-14-8-9-15-23(22)30(25)17-24-26-20-12-6-7-13-21(20)27-24;/h3-15H,2,16-18H2,1H3,(H,26,27);. The minimum atomic E-state index is 0. The van der Waals surface area contributed by atoms with Crippen molar-refractivity contribution in [2.75, 3.05) is 11.4 Å². The fourth-order valence-electron chi connectivity index (χ4n) is 4.03. The Morgan fingerprint density at radius 3 is 2.32 bits per heavy atom. The van der Waals surface area contributed by atoms with E-state index >= 15 is 0 Å². The predicted molar refractivity (Wildman–Crippen MR) is 123 cm³/mol. The number of hydrogen-bond donors (Lipinski definition) is 1. The molecule has 156 valence electrons. The molecule has 0 amide bonds. The van der Waals surface area contributed by atoms with Gasteiger partial charge in [0.05, 0.1) is 35.2 Å². The average Bonchev–Trinajstić information content (AvgIpc) is 3.35. The van der Waals surface area contributed by atoms with Crippen LogP contribution in [0.4, 0.5) is 5.69 Å². The molecule has 5 rings (SSSR count). The molecule has 0 fully saturated rings. The van der Waals surface area contributed by atoms with Crippen molar-refractivity contribution in [1.82, 2.24) is 19.5 Å². The zero-order valence-corrected chi connectivity index (χ0v) is 18.8. The molecule has 0 unspecified atom stereocenters. The Balaban J connectivity index is 0.00000231. The molecule has 0 atom stereocenters. The quantitative estimate of drug-likeness (QED) is 0.365. The van der Waals surface area contributed by atoms with Crippen molar-refractivity contribution < 1.29 is 17.4 Å². The number of nitrogens with one attached hydrogen (secondary N) is 1. The van der Waals surface area contributed by atoms with Gasteiger partial charge in [-0.05, 0) is 42.8 Å². The number of anilines is 1. The number of hydrogen-bond acceptors (Lipinski definition) is 3. The fourth-order valence-corrected chi connectivity index (χ4v) is 4.03. The van der Waals surface area contributed by atoms with E-state index in [-0.39, 0.29) is 17.4 Å². The minimum Gasteiger partial charge on any atom is -0.364 e. The Hall–Kier alpha value is -3.07. The topological polar surface area (TPSA) is 49.7 Å². The summed E-state index contributed by atoms with van der Waals surface area (Å²) >= 11 is 0. The molecule has 0 saturated heterocycles. The van der Waals surface area contributed by atoms with Crippen LogP contribution in [-0.2, 0) is 30.5 Å². The number of nitrogens with zero attached hydrogens (tertiary/aromatic N) is 4. The van der Waals surface area contributed by atoms with Crippen LogP contribution in [0.3, 0.4) is 0 Å². The summed E-state index contributed by atoms with van der Waals surface area (Å²) in [6, 6.07) is 27.1. The van der Waals surface area contributed by atoms with E-state index < -0.39 is 0 Å². The molecule has 0 spiro atoms. The smallest absolute Gasteiger partial charge is 0.129 e. The summed E-state index contributed by atoms with van der Waals surface area (Å²) in [6.45, 7) is 4.62. The number of para-hydroxylation sites is 5. The van der Waals surface area contributed by atoms with Crippen LogP contribution in [0.1, 0.15) is 25.0 Å². The van der Waals surface area contributed by atoms with E-state index in [1.807, 2.05) is 24.3 Å². The molecule has 1 N–H and O–H groups in total. The summed E-state index contributed by atoms with van der Waals surface area (Å²) in [5, 5.41) is 0. The molecular formula is C25H25CrN5. The summed E-state index contributed by atoms with van der Waals surface area (Å²) < 4.78 is 2.29. The van der Waals surface area contributed by atoms with Crippen LogP contribution in [-0.4, -0.2) is 26.1 Å². The normalized spacial score (nSPS) is 11.0. The SMILES string of the molecule is CCCN(Cc1nc2ccccc2n1Cc1nc2ccccc2[nH]1)c1ccccc1.[Cr]. The molecule has 0 aliphatic rings. The van der Waals surface area contributed by atoms with Gasteiger partial charge in [-0.3, -0.25) is 0 Å². The van der Waals surface area contributed by atoms with E-state index in [9.17, 15) is 0 Å². The van der Waals surface area contributed by atoms with E-state index in [1.54, 1.807) is 0 Å². The van der Waals surface area contributed by atoms with Gasteiger partial charge in [-0.1, -0.05) is 49.4 Å². The van der Waals surface area contributed by atoms with Crippen LogP contribution in [0.15, 0.2) is 78.9 Å².